The SMILES string of the molecule is CNC(=O)[C@H](CCCN=C(N)N)NC(=O)[C@H](Cc1c[nH]c2ccccc12)NC(=O)CON. The number of nitrogens with zero attached hydrogens (tertiary/aromatic N) is 1. The van der Waals surface area contributed by atoms with Crippen molar-refractivity contribution in [2.45, 2.75) is 31.3 Å². The Morgan fingerprint density at radius 1 is 1.12 bits per heavy atom. The molecule has 2 aromatic rings. The number of fused-ring (bicyclic) bond motifs is 1. The molecule has 0 aliphatic carbocycles. The molecule has 0 saturated carbocycles. The number of nitrogens with one attached hydrogen (secondary N) is 4. The third kappa shape index (κ3) is 7.25. The number of aromatic amines is 1. The number of nitrogens with two attached hydrogens (primary N) is 3. The van der Waals surface area contributed by atoms with E-state index in [0.29, 0.717) is 19.4 Å². The number of hydrogen-bond acceptors (Lipinski definition) is 6. The van der Waals surface area contributed by atoms with Crippen LogP contribution < -0.4 is 33.3 Å². The molecule has 1 aromatic heterocycles. The number of carbonyl (C=O) groups is 3. The minimum atomic E-state index is -0.957. The number of carbonyl (C=O) groups excluding carboxylic acids is 3. The lowest BCUT2D eigenvalue weighted by molar-refractivity contribution is -0.133. The number of aromatic nitrogens is 1. The van der Waals surface area contributed by atoms with Crippen molar-refractivity contribution < 1.29 is 19.2 Å². The molecule has 0 saturated heterocycles. The second kappa shape index (κ2) is 12.3. The number of aliphatic imine (C=N–C) groups is 1. The van der Waals surface area contributed by atoms with E-state index in [1.165, 1.54) is 7.05 Å². The Kier molecular flexibility index (Phi) is 9.44. The van der Waals surface area contributed by atoms with Gasteiger partial charge in [0.15, 0.2) is 5.96 Å². The van der Waals surface area contributed by atoms with Gasteiger partial charge in [0.05, 0.1) is 0 Å². The van der Waals surface area contributed by atoms with Gasteiger partial charge in [0.1, 0.15) is 18.7 Å². The summed E-state index contributed by atoms with van der Waals surface area (Å²) in [6.07, 6.45) is 2.75. The predicted octanol–water partition coefficient (Wildman–Crippen LogP) is -1.63. The largest absolute Gasteiger partial charge is 0.370 e. The fraction of sp³-hybridized carbons (Fsp3) is 0.400. The van der Waals surface area contributed by atoms with E-state index in [2.05, 4.69) is 30.8 Å². The molecule has 0 fully saturated rings. The highest BCUT2D eigenvalue weighted by atomic mass is 16.6. The molecule has 0 bridgehead atoms. The van der Waals surface area contributed by atoms with Crippen LogP contribution in [0, 0.1) is 0 Å². The molecule has 0 aliphatic rings. The molecule has 12 heteroatoms. The van der Waals surface area contributed by atoms with E-state index in [1.54, 1.807) is 6.20 Å². The van der Waals surface area contributed by atoms with E-state index in [0.717, 1.165) is 16.5 Å². The van der Waals surface area contributed by atoms with Crippen LogP contribution in [0.5, 0.6) is 0 Å². The molecular weight excluding hydrogens is 416 g/mol. The Labute approximate surface area is 185 Å². The van der Waals surface area contributed by atoms with Crippen LogP contribution in [0.3, 0.4) is 0 Å². The quantitative estimate of drug-likeness (QED) is 0.0876. The van der Waals surface area contributed by atoms with E-state index in [4.69, 9.17) is 17.4 Å². The summed E-state index contributed by atoms with van der Waals surface area (Å²) in [5.74, 6) is 3.48. The standard InChI is InChI=1S/C20H30N8O4/c1-24-18(30)15(7-4-8-25-20(21)22)28-19(31)16(27-17(29)11-32-23)9-12-10-26-14-6-3-2-5-13(12)14/h2-3,5-6,10,15-16,26H,4,7-9,11,23H2,1H3,(H,24,30)(H,27,29)(H,28,31)(H4,21,22,25)/t15-,16-/m0/s1. The number of rotatable bonds is 12. The number of amides is 3. The molecule has 0 radical (unpaired) electrons. The molecule has 174 valence electrons. The number of guanidine groups is 1. The molecule has 12 nitrogen and oxygen atoms in total. The fourth-order valence-corrected chi connectivity index (χ4v) is 3.26. The van der Waals surface area contributed by atoms with Crippen LogP contribution in [0.15, 0.2) is 35.5 Å². The Morgan fingerprint density at radius 2 is 1.88 bits per heavy atom. The maximum absolute atomic E-state index is 13.1. The molecule has 0 aliphatic heterocycles. The third-order valence-electron chi connectivity index (χ3n) is 4.79. The highest BCUT2D eigenvalue weighted by Gasteiger charge is 2.27. The van der Waals surface area contributed by atoms with Gasteiger partial charge < -0.3 is 32.4 Å². The lowest BCUT2D eigenvalue weighted by Crippen LogP contribution is -2.54. The fourth-order valence-electron chi connectivity index (χ4n) is 3.26. The monoisotopic (exact) mass is 446 g/mol. The predicted molar refractivity (Wildman–Crippen MR) is 120 cm³/mol. The minimum Gasteiger partial charge on any atom is -0.370 e. The number of likely N-dealkylation sites (N-methyl/N-ethyl adjacent to an activating group) is 1. The van der Waals surface area contributed by atoms with Gasteiger partial charge in [-0.3, -0.25) is 24.2 Å². The summed E-state index contributed by atoms with van der Waals surface area (Å²) in [4.78, 5) is 48.8. The van der Waals surface area contributed by atoms with Crippen molar-refractivity contribution in [3.8, 4) is 0 Å². The molecule has 2 atom stereocenters. The molecule has 10 N–H and O–H groups in total. The zero-order valence-electron chi connectivity index (χ0n) is 17.9. The summed E-state index contributed by atoms with van der Waals surface area (Å²) in [5.41, 5.74) is 12.4. The molecular formula is C20H30N8O4. The van der Waals surface area contributed by atoms with Crippen molar-refractivity contribution >= 4 is 34.6 Å². The van der Waals surface area contributed by atoms with Crippen LogP contribution in [0.4, 0.5) is 0 Å². The first-order valence-electron chi connectivity index (χ1n) is 10.1. The molecule has 3 amide bonds. The van der Waals surface area contributed by atoms with Gasteiger partial charge in [0.2, 0.25) is 17.7 Å². The molecule has 1 aromatic carbocycles. The van der Waals surface area contributed by atoms with Crippen LogP contribution in [0.25, 0.3) is 10.9 Å². The van der Waals surface area contributed by atoms with Crippen molar-refractivity contribution in [1.82, 2.24) is 20.9 Å². The number of para-hydroxylation sites is 1. The molecule has 1 heterocycles. The zero-order chi connectivity index (χ0) is 23.5. The Bertz CT molecular complexity index is 954. The van der Waals surface area contributed by atoms with E-state index in [9.17, 15) is 14.4 Å². The van der Waals surface area contributed by atoms with Crippen LogP contribution >= 0.6 is 0 Å². The number of H-pyrrole nitrogens is 1. The molecule has 2 rings (SSSR count). The normalized spacial score (nSPS) is 12.6. The molecule has 32 heavy (non-hydrogen) atoms. The number of benzene rings is 1. The lowest BCUT2D eigenvalue weighted by Gasteiger charge is -2.22. The van der Waals surface area contributed by atoms with Crippen molar-refractivity contribution in [3.05, 3.63) is 36.0 Å². The minimum absolute atomic E-state index is 0.0471. The van der Waals surface area contributed by atoms with Gasteiger partial charge >= 0.3 is 0 Å². The maximum Gasteiger partial charge on any atom is 0.248 e. The average molecular weight is 447 g/mol. The van der Waals surface area contributed by atoms with Crippen LogP contribution in [-0.4, -0.2) is 60.9 Å². The van der Waals surface area contributed by atoms with E-state index in [1.807, 2.05) is 24.3 Å². The van der Waals surface area contributed by atoms with Crippen LogP contribution in [0.2, 0.25) is 0 Å². The van der Waals surface area contributed by atoms with Gasteiger partial charge in [0.25, 0.3) is 0 Å². The summed E-state index contributed by atoms with van der Waals surface area (Å²) < 4.78 is 0. The summed E-state index contributed by atoms with van der Waals surface area (Å²) >= 11 is 0. The second-order valence-corrected chi connectivity index (χ2v) is 7.12. The first-order chi connectivity index (χ1) is 15.3. The number of hydrogen-bond donors (Lipinski definition) is 7. The maximum atomic E-state index is 13.1. The van der Waals surface area contributed by atoms with E-state index < -0.39 is 30.5 Å². The van der Waals surface area contributed by atoms with Crippen molar-refractivity contribution in [2.24, 2.45) is 22.4 Å². The van der Waals surface area contributed by atoms with Gasteiger partial charge in [-0.15, -0.1) is 0 Å². The zero-order valence-corrected chi connectivity index (χ0v) is 17.9. The highest BCUT2D eigenvalue weighted by molar-refractivity contribution is 5.93. The van der Waals surface area contributed by atoms with E-state index >= 15 is 0 Å². The lowest BCUT2D eigenvalue weighted by atomic mass is 10.0. The Balaban J connectivity index is 2.16. The van der Waals surface area contributed by atoms with Crippen molar-refractivity contribution in [2.75, 3.05) is 20.2 Å². The smallest absolute Gasteiger partial charge is 0.248 e. The van der Waals surface area contributed by atoms with Gasteiger partial charge in [-0.1, -0.05) is 18.2 Å². The van der Waals surface area contributed by atoms with Gasteiger partial charge in [-0.25, -0.2) is 5.90 Å². The van der Waals surface area contributed by atoms with Gasteiger partial charge in [-0.05, 0) is 24.5 Å². The summed E-state index contributed by atoms with van der Waals surface area (Å²) in [5, 5.41) is 8.76. The van der Waals surface area contributed by atoms with Crippen molar-refractivity contribution in [1.29, 1.82) is 0 Å². The van der Waals surface area contributed by atoms with E-state index in [-0.39, 0.29) is 18.3 Å². The Hall–Kier alpha value is -3.64. The van der Waals surface area contributed by atoms with Gasteiger partial charge in [0, 0.05) is 37.1 Å². The Morgan fingerprint density at radius 3 is 2.56 bits per heavy atom. The summed E-state index contributed by atoms with van der Waals surface area (Å²) in [6, 6.07) is 5.82. The highest BCUT2D eigenvalue weighted by Crippen LogP contribution is 2.19. The molecule has 0 unspecified atom stereocenters. The summed E-state index contributed by atoms with van der Waals surface area (Å²) in [7, 11) is 1.47. The second-order valence-electron chi connectivity index (χ2n) is 7.12. The summed E-state index contributed by atoms with van der Waals surface area (Å²) in [6.45, 7) is -0.0932. The van der Waals surface area contributed by atoms with Crippen molar-refractivity contribution in [3.63, 3.8) is 0 Å². The third-order valence-corrected chi connectivity index (χ3v) is 4.79. The first-order valence-corrected chi connectivity index (χ1v) is 10.1. The van der Waals surface area contributed by atoms with Crippen LogP contribution in [-0.2, 0) is 25.6 Å². The molecule has 0 spiro atoms. The van der Waals surface area contributed by atoms with Crippen LogP contribution in [0.1, 0.15) is 18.4 Å². The average Bonchev–Trinajstić information content (AvgIpc) is 3.17. The topological polar surface area (TPSA) is 203 Å². The van der Waals surface area contributed by atoms with Gasteiger partial charge in [-0.2, -0.15) is 0 Å². The first kappa shape index (κ1) is 24.6.